The van der Waals surface area contributed by atoms with Gasteiger partial charge in [0.15, 0.2) is 0 Å². The summed E-state index contributed by atoms with van der Waals surface area (Å²) in [5.74, 6) is 0.934. The monoisotopic (exact) mass is 203 g/mol. The summed E-state index contributed by atoms with van der Waals surface area (Å²) in [6, 6.07) is 8.25. The second-order valence-corrected chi connectivity index (χ2v) is 3.93. The Labute approximate surface area is 91.0 Å². The fourth-order valence-electron chi connectivity index (χ4n) is 1.92. The van der Waals surface area contributed by atoms with E-state index in [0.717, 1.165) is 25.1 Å². The number of nitrogens with zero attached hydrogens (tertiary/aromatic N) is 1. The molecule has 0 fully saturated rings. The van der Waals surface area contributed by atoms with E-state index < -0.39 is 0 Å². The average Bonchev–Trinajstić information content (AvgIpc) is 2.31. The zero-order valence-corrected chi connectivity index (χ0v) is 9.20. The average molecular weight is 203 g/mol. The fraction of sp³-hybridized carbons (Fsp3) is 0.462. The van der Waals surface area contributed by atoms with Crippen LogP contribution >= 0.6 is 0 Å². The summed E-state index contributed by atoms with van der Waals surface area (Å²) in [6.45, 7) is 1.01. The lowest BCUT2D eigenvalue weighted by Crippen LogP contribution is -2.09. The number of methoxy groups -OCH3 is 1. The maximum absolute atomic E-state index is 5.20. The molecule has 0 aromatic heterocycles. The zero-order valence-electron chi connectivity index (χ0n) is 9.20. The summed E-state index contributed by atoms with van der Waals surface area (Å²) < 4.78 is 5.20. The third-order valence-electron chi connectivity index (χ3n) is 2.75. The van der Waals surface area contributed by atoms with E-state index in [2.05, 4.69) is 17.1 Å². The molecule has 0 amide bonds. The van der Waals surface area contributed by atoms with Crippen LogP contribution in [-0.2, 0) is 6.42 Å². The molecule has 0 saturated heterocycles. The van der Waals surface area contributed by atoms with Crippen molar-refractivity contribution in [3.05, 3.63) is 29.8 Å². The molecule has 0 unspecified atom stereocenters. The highest BCUT2D eigenvalue weighted by Gasteiger charge is 2.06. The summed E-state index contributed by atoms with van der Waals surface area (Å²) in [6.07, 6.45) is 4.69. The molecule has 0 atom stereocenters. The Bertz CT molecular complexity index is 357. The minimum absolute atomic E-state index is 0.934. The van der Waals surface area contributed by atoms with Gasteiger partial charge in [0.1, 0.15) is 5.75 Å². The SMILES string of the molecule is COc1cccc(CC2=NCCCC2)c1. The number of aliphatic imine (C=N–C) groups is 1. The molecule has 0 bridgehead atoms. The smallest absolute Gasteiger partial charge is 0.119 e. The molecule has 0 saturated carbocycles. The first-order chi connectivity index (χ1) is 7.38. The van der Waals surface area contributed by atoms with E-state index in [9.17, 15) is 0 Å². The number of benzene rings is 1. The van der Waals surface area contributed by atoms with Crippen LogP contribution < -0.4 is 4.74 Å². The summed E-state index contributed by atoms with van der Waals surface area (Å²) in [4.78, 5) is 4.56. The third-order valence-corrected chi connectivity index (χ3v) is 2.75. The standard InChI is InChI=1S/C13H17NO/c1-15-13-7-4-5-11(10-13)9-12-6-2-3-8-14-12/h4-5,7,10H,2-3,6,8-9H2,1H3. The molecule has 2 nitrogen and oxygen atoms in total. The Morgan fingerprint density at radius 2 is 2.27 bits per heavy atom. The molecule has 1 aromatic rings. The van der Waals surface area contributed by atoms with Gasteiger partial charge in [-0.15, -0.1) is 0 Å². The van der Waals surface area contributed by atoms with Gasteiger partial charge in [-0.1, -0.05) is 12.1 Å². The number of rotatable bonds is 3. The van der Waals surface area contributed by atoms with Crippen LogP contribution in [0.2, 0.25) is 0 Å². The minimum Gasteiger partial charge on any atom is -0.497 e. The van der Waals surface area contributed by atoms with Gasteiger partial charge in [-0.05, 0) is 37.0 Å². The van der Waals surface area contributed by atoms with Crippen molar-refractivity contribution in [3.8, 4) is 5.75 Å². The summed E-state index contributed by atoms with van der Waals surface area (Å²) in [5, 5.41) is 0. The number of hydrogen-bond donors (Lipinski definition) is 0. The molecular formula is C13H17NO. The molecule has 2 heteroatoms. The van der Waals surface area contributed by atoms with Crippen molar-refractivity contribution in [2.45, 2.75) is 25.7 Å². The maximum atomic E-state index is 5.20. The van der Waals surface area contributed by atoms with E-state index in [0.29, 0.717) is 0 Å². The van der Waals surface area contributed by atoms with Gasteiger partial charge in [0, 0.05) is 18.7 Å². The van der Waals surface area contributed by atoms with Crippen LogP contribution in [0.1, 0.15) is 24.8 Å². The van der Waals surface area contributed by atoms with Crippen LogP contribution in [0.5, 0.6) is 5.75 Å². The topological polar surface area (TPSA) is 21.6 Å². The van der Waals surface area contributed by atoms with Gasteiger partial charge in [-0.2, -0.15) is 0 Å². The van der Waals surface area contributed by atoms with Crippen LogP contribution in [0.3, 0.4) is 0 Å². The Kier molecular flexibility index (Phi) is 3.38. The van der Waals surface area contributed by atoms with Crippen LogP contribution in [0.15, 0.2) is 29.3 Å². The van der Waals surface area contributed by atoms with Gasteiger partial charge in [0.05, 0.1) is 7.11 Å². The van der Waals surface area contributed by atoms with Crippen LogP contribution in [0.25, 0.3) is 0 Å². The Hall–Kier alpha value is -1.31. The molecule has 1 aliphatic rings. The molecule has 0 radical (unpaired) electrons. The maximum Gasteiger partial charge on any atom is 0.119 e. The van der Waals surface area contributed by atoms with Crippen molar-refractivity contribution in [2.24, 2.45) is 4.99 Å². The number of ether oxygens (including phenoxy) is 1. The van der Waals surface area contributed by atoms with Crippen LogP contribution in [-0.4, -0.2) is 19.4 Å². The Morgan fingerprint density at radius 3 is 3.00 bits per heavy atom. The molecule has 15 heavy (non-hydrogen) atoms. The van der Waals surface area contributed by atoms with Crippen molar-refractivity contribution in [3.63, 3.8) is 0 Å². The summed E-state index contributed by atoms with van der Waals surface area (Å²) in [7, 11) is 1.71. The molecule has 0 spiro atoms. The molecule has 80 valence electrons. The van der Waals surface area contributed by atoms with Crippen molar-refractivity contribution >= 4 is 5.71 Å². The summed E-state index contributed by atoms with van der Waals surface area (Å²) >= 11 is 0. The first kappa shape index (κ1) is 10.2. The number of hydrogen-bond acceptors (Lipinski definition) is 2. The quantitative estimate of drug-likeness (QED) is 0.740. The van der Waals surface area contributed by atoms with E-state index >= 15 is 0 Å². The molecule has 1 aliphatic heterocycles. The molecule has 1 heterocycles. The lowest BCUT2D eigenvalue weighted by Gasteiger charge is -2.12. The summed E-state index contributed by atoms with van der Waals surface area (Å²) in [5.41, 5.74) is 2.64. The van der Waals surface area contributed by atoms with E-state index in [4.69, 9.17) is 4.74 Å². The molecule has 1 aromatic carbocycles. The molecule has 2 rings (SSSR count). The van der Waals surface area contributed by atoms with Gasteiger partial charge in [-0.25, -0.2) is 0 Å². The lowest BCUT2D eigenvalue weighted by atomic mass is 10.0. The Morgan fingerprint density at radius 1 is 1.33 bits per heavy atom. The highest BCUT2D eigenvalue weighted by atomic mass is 16.5. The van der Waals surface area contributed by atoms with Gasteiger partial charge in [0.2, 0.25) is 0 Å². The Balaban J connectivity index is 2.06. The van der Waals surface area contributed by atoms with Crippen molar-refractivity contribution in [1.82, 2.24) is 0 Å². The second kappa shape index (κ2) is 4.96. The van der Waals surface area contributed by atoms with E-state index in [1.54, 1.807) is 7.11 Å². The predicted molar refractivity (Wildman–Crippen MR) is 62.9 cm³/mol. The van der Waals surface area contributed by atoms with E-state index in [-0.39, 0.29) is 0 Å². The predicted octanol–water partition coefficient (Wildman–Crippen LogP) is 2.86. The highest BCUT2D eigenvalue weighted by Crippen LogP contribution is 2.16. The first-order valence-electron chi connectivity index (χ1n) is 5.53. The van der Waals surface area contributed by atoms with Crippen molar-refractivity contribution in [1.29, 1.82) is 0 Å². The van der Waals surface area contributed by atoms with E-state index in [1.165, 1.54) is 24.1 Å². The molecular weight excluding hydrogens is 186 g/mol. The normalized spacial score (nSPS) is 15.9. The minimum atomic E-state index is 0.934. The highest BCUT2D eigenvalue weighted by molar-refractivity contribution is 5.87. The molecule has 0 N–H and O–H groups in total. The van der Waals surface area contributed by atoms with Gasteiger partial charge < -0.3 is 4.74 Å². The lowest BCUT2D eigenvalue weighted by molar-refractivity contribution is 0.414. The van der Waals surface area contributed by atoms with Crippen molar-refractivity contribution in [2.75, 3.05) is 13.7 Å². The molecule has 0 aliphatic carbocycles. The van der Waals surface area contributed by atoms with Gasteiger partial charge >= 0.3 is 0 Å². The third kappa shape index (κ3) is 2.82. The van der Waals surface area contributed by atoms with Crippen molar-refractivity contribution < 1.29 is 4.74 Å². The van der Waals surface area contributed by atoms with E-state index in [1.807, 2.05) is 12.1 Å². The fourth-order valence-corrected chi connectivity index (χ4v) is 1.92. The van der Waals surface area contributed by atoms with Gasteiger partial charge in [-0.3, -0.25) is 4.99 Å². The second-order valence-electron chi connectivity index (χ2n) is 3.93. The van der Waals surface area contributed by atoms with Crippen LogP contribution in [0.4, 0.5) is 0 Å². The zero-order chi connectivity index (χ0) is 10.5. The first-order valence-corrected chi connectivity index (χ1v) is 5.53. The van der Waals surface area contributed by atoms with Gasteiger partial charge in [0.25, 0.3) is 0 Å². The van der Waals surface area contributed by atoms with Crippen LogP contribution in [0, 0.1) is 0 Å². The largest absolute Gasteiger partial charge is 0.497 e.